The van der Waals surface area contributed by atoms with E-state index in [0.717, 1.165) is 5.56 Å². The molecule has 0 saturated carbocycles. The van der Waals surface area contributed by atoms with Gasteiger partial charge in [-0.25, -0.2) is 0 Å². The molecule has 72 valence electrons. The Bertz CT molecular complexity index is 317. The molecule has 0 radical (unpaired) electrons. The lowest BCUT2D eigenvalue weighted by Gasteiger charge is -2.12. The third kappa shape index (κ3) is 2.89. The van der Waals surface area contributed by atoms with Crippen LogP contribution in [0.15, 0.2) is 17.4 Å². The lowest BCUT2D eigenvalue weighted by atomic mass is 10.1. The van der Waals surface area contributed by atoms with Crippen LogP contribution in [0.25, 0.3) is 0 Å². The van der Waals surface area contributed by atoms with Gasteiger partial charge in [0.1, 0.15) is 5.84 Å². The molecule has 1 rings (SSSR count). The zero-order valence-electron chi connectivity index (χ0n) is 8.57. The molecule has 0 atom stereocenters. The molecule has 0 spiro atoms. The van der Waals surface area contributed by atoms with E-state index in [4.69, 9.17) is 5.73 Å². The summed E-state index contributed by atoms with van der Waals surface area (Å²) in [6.07, 6.45) is 3.56. The van der Waals surface area contributed by atoms with Crippen LogP contribution in [-0.4, -0.2) is 21.2 Å². The summed E-state index contributed by atoms with van der Waals surface area (Å²) in [5.41, 5.74) is 6.52. The maximum atomic E-state index is 5.79. The first-order valence-electron chi connectivity index (χ1n) is 4.23. The first kappa shape index (κ1) is 9.77. The first-order valence-corrected chi connectivity index (χ1v) is 4.23. The Hall–Kier alpha value is -1.32. The predicted octanol–water partition coefficient (Wildman–Crippen LogP) is 0.924. The standard InChI is InChI=1S/C9H16N4/c1-9(2,3)12-8(10)7-5-11-13(4)6-7/h5-6H,1-4H3,(H2,10,12). The van der Waals surface area contributed by atoms with Crippen LogP contribution in [0.2, 0.25) is 0 Å². The van der Waals surface area contributed by atoms with Gasteiger partial charge in [0.2, 0.25) is 0 Å². The minimum absolute atomic E-state index is 0.139. The van der Waals surface area contributed by atoms with Crippen LogP contribution in [0, 0.1) is 0 Å². The third-order valence-corrected chi connectivity index (χ3v) is 1.46. The topological polar surface area (TPSA) is 56.2 Å². The van der Waals surface area contributed by atoms with Gasteiger partial charge in [-0.15, -0.1) is 0 Å². The van der Waals surface area contributed by atoms with Crippen molar-refractivity contribution in [2.45, 2.75) is 26.3 Å². The average molecular weight is 180 g/mol. The van der Waals surface area contributed by atoms with E-state index in [1.54, 1.807) is 10.9 Å². The average Bonchev–Trinajstić information content (AvgIpc) is 2.31. The summed E-state index contributed by atoms with van der Waals surface area (Å²) >= 11 is 0. The van der Waals surface area contributed by atoms with Crippen molar-refractivity contribution in [3.05, 3.63) is 18.0 Å². The number of amidine groups is 1. The van der Waals surface area contributed by atoms with Gasteiger partial charge >= 0.3 is 0 Å². The van der Waals surface area contributed by atoms with Crippen LogP contribution >= 0.6 is 0 Å². The highest BCUT2D eigenvalue weighted by atomic mass is 15.2. The van der Waals surface area contributed by atoms with Gasteiger partial charge in [0.25, 0.3) is 0 Å². The van der Waals surface area contributed by atoms with Crippen molar-refractivity contribution >= 4 is 5.84 Å². The van der Waals surface area contributed by atoms with Crippen LogP contribution in [0.5, 0.6) is 0 Å². The summed E-state index contributed by atoms with van der Waals surface area (Å²) in [7, 11) is 1.86. The van der Waals surface area contributed by atoms with E-state index in [1.165, 1.54) is 0 Å². The summed E-state index contributed by atoms with van der Waals surface area (Å²) in [5.74, 6) is 0.542. The zero-order valence-corrected chi connectivity index (χ0v) is 8.57. The van der Waals surface area contributed by atoms with Crippen molar-refractivity contribution in [3.63, 3.8) is 0 Å². The molecule has 0 aromatic carbocycles. The number of nitrogens with zero attached hydrogens (tertiary/aromatic N) is 3. The molecular weight excluding hydrogens is 164 g/mol. The van der Waals surface area contributed by atoms with Gasteiger partial charge in [0.05, 0.1) is 17.3 Å². The highest BCUT2D eigenvalue weighted by Crippen LogP contribution is 2.08. The van der Waals surface area contributed by atoms with E-state index < -0.39 is 0 Å². The largest absolute Gasteiger partial charge is 0.383 e. The second-order valence-corrected chi connectivity index (χ2v) is 4.07. The first-order chi connectivity index (χ1) is 5.88. The minimum atomic E-state index is -0.139. The summed E-state index contributed by atoms with van der Waals surface area (Å²) in [5, 5.41) is 4.02. The number of hydrogen-bond donors (Lipinski definition) is 1. The van der Waals surface area contributed by atoms with Gasteiger partial charge < -0.3 is 5.73 Å². The monoisotopic (exact) mass is 180 g/mol. The SMILES string of the molecule is Cn1cc(C(N)=NC(C)(C)C)cn1. The van der Waals surface area contributed by atoms with Crippen LogP contribution in [0.3, 0.4) is 0 Å². The summed E-state index contributed by atoms with van der Waals surface area (Å²) in [6.45, 7) is 6.03. The van der Waals surface area contributed by atoms with Crippen molar-refractivity contribution in [2.75, 3.05) is 0 Å². The van der Waals surface area contributed by atoms with Crippen LogP contribution in [0.1, 0.15) is 26.3 Å². The number of aryl methyl sites for hydroxylation is 1. The Morgan fingerprint density at radius 2 is 2.15 bits per heavy atom. The number of nitrogens with two attached hydrogens (primary N) is 1. The highest BCUT2D eigenvalue weighted by Gasteiger charge is 2.09. The van der Waals surface area contributed by atoms with Gasteiger partial charge in [-0.3, -0.25) is 9.67 Å². The Morgan fingerprint density at radius 1 is 1.54 bits per heavy atom. The van der Waals surface area contributed by atoms with Gasteiger partial charge in [-0.05, 0) is 20.8 Å². The minimum Gasteiger partial charge on any atom is -0.383 e. The normalized spacial score (nSPS) is 13.4. The van der Waals surface area contributed by atoms with Crippen molar-refractivity contribution in [3.8, 4) is 0 Å². The zero-order chi connectivity index (χ0) is 10.1. The Balaban J connectivity index is 2.91. The maximum absolute atomic E-state index is 5.79. The molecule has 0 aliphatic carbocycles. The second kappa shape index (κ2) is 3.20. The fraction of sp³-hybridized carbons (Fsp3) is 0.556. The molecule has 2 N–H and O–H groups in total. The van der Waals surface area contributed by atoms with Crippen molar-refractivity contribution in [1.82, 2.24) is 9.78 Å². The summed E-state index contributed by atoms with van der Waals surface area (Å²) in [6, 6.07) is 0. The van der Waals surface area contributed by atoms with E-state index in [-0.39, 0.29) is 5.54 Å². The lowest BCUT2D eigenvalue weighted by molar-refractivity contribution is 0.583. The van der Waals surface area contributed by atoms with Gasteiger partial charge in [-0.2, -0.15) is 5.10 Å². The van der Waals surface area contributed by atoms with E-state index in [1.807, 2.05) is 34.0 Å². The molecule has 1 aromatic rings. The van der Waals surface area contributed by atoms with Gasteiger partial charge in [0.15, 0.2) is 0 Å². The van der Waals surface area contributed by atoms with E-state index in [0.29, 0.717) is 5.84 Å². The molecule has 0 aliphatic rings. The second-order valence-electron chi connectivity index (χ2n) is 4.07. The summed E-state index contributed by atoms with van der Waals surface area (Å²) < 4.78 is 1.71. The van der Waals surface area contributed by atoms with E-state index in [2.05, 4.69) is 10.1 Å². The maximum Gasteiger partial charge on any atom is 0.129 e. The Kier molecular flexibility index (Phi) is 2.40. The predicted molar refractivity (Wildman–Crippen MR) is 53.7 cm³/mol. The van der Waals surface area contributed by atoms with Crippen molar-refractivity contribution < 1.29 is 0 Å². The fourth-order valence-electron chi connectivity index (χ4n) is 0.979. The van der Waals surface area contributed by atoms with E-state index >= 15 is 0 Å². The number of aliphatic imine (C=N–C) groups is 1. The molecule has 0 amide bonds. The number of hydrogen-bond acceptors (Lipinski definition) is 2. The number of aromatic nitrogens is 2. The van der Waals surface area contributed by atoms with E-state index in [9.17, 15) is 0 Å². The van der Waals surface area contributed by atoms with Crippen LogP contribution in [0.4, 0.5) is 0 Å². The molecule has 0 unspecified atom stereocenters. The smallest absolute Gasteiger partial charge is 0.129 e. The molecule has 1 heterocycles. The molecular formula is C9H16N4. The third-order valence-electron chi connectivity index (χ3n) is 1.46. The summed E-state index contributed by atoms with van der Waals surface area (Å²) in [4.78, 5) is 4.33. The van der Waals surface area contributed by atoms with Crippen LogP contribution in [-0.2, 0) is 7.05 Å². The molecule has 13 heavy (non-hydrogen) atoms. The molecule has 0 aliphatic heterocycles. The fourth-order valence-corrected chi connectivity index (χ4v) is 0.979. The molecule has 1 aromatic heterocycles. The quantitative estimate of drug-likeness (QED) is 0.516. The molecule has 4 nitrogen and oxygen atoms in total. The van der Waals surface area contributed by atoms with Gasteiger partial charge in [0, 0.05) is 13.2 Å². The van der Waals surface area contributed by atoms with Crippen molar-refractivity contribution in [2.24, 2.45) is 17.8 Å². The van der Waals surface area contributed by atoms with Crippen LogP contribution < -0.4 is 5.73 Å². The Morgan fingerprint density at radius 3 is 2.54 bits per heavy atom. The number of rotatable bonds is 1. The molecule has 4 heteroatoms. The Labute approximate surface area is 78.5 Å². The van der Waals surface area contributed by atoms with Crippen molar-refractivity contribution in [1.29, 1.82) is 0 Å². The highest BCUT2D eigenvalue weighted by molar-refractivity contribution is 5.97. The molecule has 0 fully saturated rings. The lowest BCUT2D eigenvalue weighted by Crippen LogP contribution is -2.20. The molecule has 0 saturated heterocycles. The molecule has 0 bridgehead atoms. The van der Waals surface area contributed by atoms with Gasteiger partial charge in [-0.1, -0.05) is 0 Å².